The molecule has 0 aromatic carbocycles. The molecule has 0 spiro atoms. The van der Waals surface area contributed by atoms with Gasteiger partial charge in [-0.05, 0) is 0 Å². The zero-order chi connectivity index (χ0) is 15.5. The Morgan fingerprint density at radius 2 is 2.05 bits per heavy atom. The summed E-state index contributed by atoms with van der Waals surface area (Å²) >= 11 is 0. The van der Waals surface area contributed by atoms with E-state index in [0.29, 0.717) is 6.20 Å². The molecule has 20 heavy (non-hydrogen) atoms. The van der Waals surface area contributed by atoms with E-state index < -0.39 is 54.3 Å². The molecule has 3 N–H and O–H groups in total. The molecule has 0 saturated heterocycles. The van der Waals surface area contributed by atoms with Crippen molar-refractivity contribution in [3.63, 3.8) is 0 Å². The molecular weight excluding hydrogens is 291 g/mol. The molecule has 0 unspecified atom stereocenters. The van der Waals surface area contributed by atoms with Gasteiger partial charge in [0.25, 0.3) is 6.43 Å². The van der Waals surface area contributed by atoms with Gasteiger partial charge in [0.2, 0.25) is 0 Å². The van der Waals surface area contributed by atoms with Crippen LogP contribution >= 0.6 is 0 Å². The molecular formula is C10H9F5N2O3. The summed E-state index contributed by atoms with van der Waals surface area (Å²) in [7, 11) is 0. The van der Waals surface area contributed by atoms with E-state index in [-0.39, 0.29) is 0 Å². The Balaban J connectivity index is 3.37. The number of aliphatic carboxylic acids is 1. The van der Waals surface area contributed by atoms with Crippen molar-refractivity contribution < 1.29 is 36.6 Å². The van der Waals surface area contributed by atoms with Gasteiger partial charge >= 0.3 is 12.3 Å². The third-order valence-electron chi connectivity index (χ3n) is 2.24. The number of rotatable bonds is 5. The van der Waals surface area contributed by atoms with Gasteiger partial charge in [-0.1, -0.05) is 0 Å². The van der Waals surface area contributed by atoms with Gasteiger partial charge in [0.05, 0.1) is 18.3 Å². The number of hydrogen-bond donors (Lipinski definition) is 2. The molecule has 0 fully saturated rings. The summed E-state index contributed by atoms with van der Waals surface area (Å²) in [6, 6.07) is 0. The van der Waals surface area contributed by atoms with Gasteiger partial charge in [0, 0.05) is 17.7 Å². The standard InChI is InChI=1S/C10H9F5N2O3/c11-9(12)8-4(2-16)6(20-10(13,14)15)3-17-5(8)1-7(18)19/h3,9H,1-2,16H2,(H,18,19). The summed E-state index contributed by atoms with van der Waals surface area (Å²) in [6.07, 6.45) is -8.66. The highest BCUT2D eigenvalue weighted by atomic mass is 19.4. The predicted octanol–water partition coefficient (Wildman–Crippen LogP) is 2.00. The molecule has 0 bridgehead atoms. The Morgan fingerprint density at radius 3 is 2.45 bits per heavy atom. The molecule has 10 heteroatoms. The van der Waals surface area contributed by atoms with Gasteiger partial charge in [-0.15, -0.1) is 13.2 Å². The van der Waals surface area contributed by atoms with Crippen LogP contribution in [0.4, 0.5) is 22.0 Å². The molecule has 5 nitrogen and oxygen atoms in total. The molecule has 0 saturated carbocycles. The summed E-state index contributed by atoms with van der Waals surface area (Å²) in [5.41, 5.74) is 3.03. The second-order valence-electron chi connectivity index (χ2n) is 3.58. The average molecular weight is 300 g/mol. The molecule has 0 aliphatic carbocycles. The van der Waals surface area contributed by atoms with Crippen molar-refractivity contribution in [2.24, 2.45) is 5.73 Å². The molecule has 1 heterocycles. The lowest BCUT2D eigenvalue weighted by molar-refractivity contribution is -0.275. The van der Waals surface area contributed by atoms with Crippen molar-refractivity contribution in [2.75, 3.05) is 0 Å². The van der Waals surface area contributed by atoms with E-state index in [1.54, 1.807) is 0 Å². The van der Waals surface area contributed by atoms with E-state index in [1.807, 2.05) is 0 Å². The number of nitrogens with two attached hydrogens (primary N) is 1. The minimum atomic E-state index is -5.10. The van der Waals surface area contributed by atoms with Crippen molar-refractivity contribution in [3.8, 4) is 5.75 Å². The van der Waals surface area contributed by atoms with Crippen LogP contribution in [0.2, 0.25) is 0 Å². The Labute approximate surface area is 109 Å². The number of alkyl halides is 5. The largest absolute Gasteiger partial charge is 0.573 e. The number of ether oxygens (including phenoxy) is 1. The number of hydrogen-bond acceptors (Lipinski definition) is 4. The van der Waals surface area contributed by atoms with Crippen LogP contribution < -0.4 is 10.5 Å². The molecule has 112 valence electrons. The highest BCUT2D eigenvalue weighted by Gasteiger charge is 2.34. The normalized spacial score (nSPS) is 11.8. The van der Waals surface area contributed by atoms with Crippen LogP contribution in [-0.4, -0.2) is 22.4 Å². The van der Waals surface area contributed by atoms with Crippen molar-refractivity contribution in [1.82, 2.24) is 4.98 Å². The van der Waals surface area contributed by atoms with Crippen LogP contribution in [-0.2, 0) is 17.8 Å². The van der Waals surface area contributed by atoms with Gasteiger partial charge in [-0.3, -0.25) is 9.78 Å². The lowest BCUT2D eigenvalue weighted by Crippen LogP contribution is -2.21. The minimum absolute atomic E-state index is 0.528. The highest BCUT2D eigenvalue weighted by molar-refractivity contribution is 5.70. The molecule has 0 atom stereocenters. The first-order chi connectivity index (χ1) is 9.15. The monoisotopic (exact) mass is 300 g/mol. The van der Waals surface area contributed by atoms with E-state index in [4.69, 9.17) is 10.8 Å². The van der Waals surface area contributed by atoms with Crippen LogP contribution in [0.5, 0.6) is 5.75 Å². The van der Waals surface area contributed by atoms with E-state index in [9.17, 15) is 26.7 Å². The summed E-state index contributed by atoms with van der Waals surface area (Å²) in [4.78, 5) is 13.8. The van der Waals surface area contributed by atoms with Crippen molar-refractivity contribution in [3.05, 3.63) is 23.0 Å². The zero-order valence-corrected chi connectivity index (χ0v) is 9.75. The number of carboxylic acid groups (broad SMARTS) is 1. The lowest BCUT2D eigenvalue weighted by Gasteiger charge is -2.17. The van der Waals surface area contributed by atoms with Crippen LogP contribution in [0.25, 0.3) is 0 Å². The van der Waals surface area contributed by atoms with Crippen molar-refractivity contribution in [1.29, 1.82) is 0 Å². The van der Waals surface area contributed by atoms with Crippen molar-refractivity contribution in [2.45, 2.75) is 25.8 Å². The lowest BCUT2D eigenvalue weighted by atomic mass is 10.0. The third kappa shape index (κ3) is 4.02. The zero-order valence-electron chi connectivity index (χ0n) is 9.75. The summed E-state index contributed by atoms with van der Waals surface area (Å²) in [6.45, 7) is -0.680. The Hall–Kier alpha value is -1.97. The first-order valence-corrected chi connectivity index (χ1v) is 5.12. The number of pyridine rings is 1. The van der Waals surface area contributed by atoms with E-state index in [0.717, 1.165) is 0 Å². The number of halogens is 5. The number of nitrogens with zero attached hydrogens (tertiary/aromatic N) is 1. The van der Waals surface area contributed by atoms with Crippen LogP contribution in [0.15, 0.2) is 6.20 Å². The SMILES string of the molecule is NCc1c(OC(F)(F)F)cnc(CC(=O)O)c1C(F)F. The molecule has 0 aliphatic heterocycles. The third-order valence-corrected chi connectivity index (χ3v) is 2.24. The van der Waals surface area contributed by atoms with E-state index in [2.05, 4.69) is 9.72 Å². The second kappa shape index (κ2) is 5.99. The van der Waals surface area contributed by atoms with Gasteiger partial charge in [-0.25, -0.2) is 8.78 Å². The first kappa shape index (κ1) is 16.1. The fraction of sp³-hybridized carbons (Fsp3) is 0.400. The topological polar surface area (TPSA) is 85.4 Å². The maximum atomic E-state index is 12.9. The Kier molecular flexibility index (Phi) is 4.82. The fourth-order valence-corrected chi connectivity index (χ4v) is 1.56. The minimum Gasteiger partial charge on any atom is -0.481 e. The molecule has 0 radical (unpaired) electrons. The number of carbonyl (C=O) groups is 1. The first-order valence-electron chi connectivity index (χ1n) is 5.12. The van der Waals surface area contributed by atoms with Crippen molar-refractivity contribution >= 4 is 5.97 Å². The predicted molar refractivity (Wildman–Crippen MR) is 55.1 cm³/mol. The summed E-state index contributed by atoms with van der Waals surface area (Å²) in [5.74, 6) is -2.42. The molecule has 1 rings (SSSR count). The number of carboxylic acids is 1. The van der Waals surface area contributed by atoms with Gasteiger partial charge < -0.3 is 15.6 Å². The van der Waals surface area contributed by atoms with Crippen LogP contribution in [0.1, 0.15) is 23.2 Å². The van der Waals surface area contributed by atoms with Gasteiger partial charge in [0.15, 0.2) is 5.75 Å². The highest BCUT2D eigenvalue weighted by Crippen LogP contribution is 2.34. The summed E-state index contributed by atoms with van der Waals surface area (Å²) < 4.78 is 65.8. The molecule has 1 aromatic heterocycles. The second-order valence-corrected chi connectivity index (χ2v) is 3.58. The average Bonchev–Trinajstić information content (AvgIpc) is 2.27. The van der Waals surface area contributed by atoms with Crippen LogP contribution in [0, 0.1) is 0 Å². The van der Waals surface area contributed by atoms with Crippen LogP contribution in [0.3, 0.4) is 0 Å². The molecule has 0 amide bonds. The van der Waals surface area contributed by atoms with E-state index >= 15 is 0 Å². The molecule has 1 aromatic rings. The van der Waals surface area contributed by atoms with Gasteiger partial charge in [0.1, 0.15) is 0 Å². The van der Waals surface area contributed by atoms with E-state index in [1.165, 1.54) is 0 Å². The van der Waals surface area contributed by atoms with Gasteiger partial charge in [-0.2, -0.15) is 0 Å². The maximum Gasteiger partial charge on any atom is 0.573 e. The smallest absolute Gasteiger partial charge is 0.481 e. The fourth-order valence-electron chi connectivity index (χ4n) is 1.56. The Bertz CT molecular complexity index is 504. The molecule has 0 aliphatic rings. The maximum absolute atomic E-state index is 12.9. The quantitative estimate of drug-likeness (QED) is 0.812. The Morgan fingerprint density at radius 1 is 1.45 bits per heavy atom. The number of aromatic nitrogens is 1. The summed E-state index contributed by atoms with van der Waals surface area (Å²) in [5, 5.41) is 8.57.